The van der Waals surface area contributed by atoms with E-state index in [2.05, 4.69) is 10.3 Å². The third-order valence-electron chi connectivity index (χ3n) is 3.27. The molecule has 114 valence electrons. The van der Waals surface area contributed by atoms with Crippen LogP contribution >= 0.6 is 11.3 Å². The molecule has 0 atom stereocenters. The summed E-state index contributed by atoms with van der Waals surface area (Å²) in [4.78, 5) is 12.7. The molecule has 4 rings (SSSR count). The van der Waals surface area contributed by atoms with Gasteiger partial charge in [-0.2, -0.15) is 4.68 Å². The Hall–Kier alpha value is -2.93. The van der Waals surface area contributed by atoms with Crippen LogP contribution in [0.1, 0.15) is 5.76 Å². The summed E-state index contributed by atoms with van der Waals surface area (Å²) < 4.78 is 11.7. The van der Waals surface area contributed by atoms with Crippen LogP contribution in [0.5, 0.6) is 0 Å². The summed E-state index contributed by atoms with van der Waals surface area (Å²) >= 11 is 1.46. The second-order valence-corrected chi connectivity index (χ2v) is 5.80. The molecule has 0 saturated heterocycles. The number of hydrogen-bond acceptors (Lipinski definition) is 6. The lowest BCUT2D eigenvalue weighted by molar-refractivity contribution is 0.367. The molecule has 3 aromatic heterocycles. The quantitative estimate of drug-likeness (QED) is 0.576. The van der Waals surface area contributed by atoms with E-state index < -0.39 is 5.76 Å². The Morgan fingerprint density at radius 1 is 1.13 bits per heavy atom. The van der Waals surface area contributed by atoms with Crippen LogP contribution in [0.3, 0.4) is 0 Å². The van der Waals surface area contributed by atoms with E-state index in [0.29, 0.717) is 11.7 Å². The highest BCUT2D eigenvalue weighted by molar-refractivity contribution is 7.13. The minimum atomic E-state index is -0.522. The van der Waals surface area contributed by atoms with Crippen molar-refractivity contribution in [2.24, 2.45) is 0 Å². The molecule has 0 amide bonds. The van der Waals surface area contributed by atoms with E-state index >= 15 is 0 Å². The van der Waals surface area contributed by atoms with E-state index in [0.717, 1.165) is 16.1 Å². The first kappa shape index (κ1) is 13.7. The van der Waals surface area contributed by atoms with E-state index in [1.807, 2.05) is 47.8 Å². The van der Waals surface area contributed by atoms with Gasteiger partial charge in [0.2, 0.25) is 0 Å². The number of nitrogens with zero attached hydrogens (tertiary/aromatic N) is 3. The minimum absolute atomic E-state index is 0.174. The first-order chi connectivity index (χ1) is 11.3. The van der Waals surface area contributed by atoms with Crippen molar-refractivity contribution >= 4 is 11.3 Å². The molecule has 0 radical (unpaired) electrons. The summed E-state index contributed by atoms with van der Waals surface area (Å²) in [5.41, 5.74) is 1.67. The molecular formula is C16H11N3O3S. The van der Waals surface area contributed by atoms with Crippen LogP contribution in [0.25, 0.3) is 22.0 Å². The first-order valence-electron chi connectivity index (χ1n) is 6.92. The van der Waals surface area contributed by atoms with Gasteiger partial charge in [-0.3, -0.25) is 0 Å². The van der Waals surface area contributed by atoms with Gasteiger partial charge in [0.15, 0.2) is 5.76 Å². The molecule has 0 unspecified atom stereocenters. The monoisotopic (exact) mass is 325 g/mol. The highest BCUT2D eigenvalue weighted by atomic mass is 32.1. The number of aromatic nitrogens is 3. The van der Waals surface area contributed by atoms with E-state index in [1.165, 1.54) is 16.0 Å². The van der Waals surface area contributed by atoms with Gasteiger partial charge in [0.05, 0.1) is 4.88 Å². The molecule has 3 heterocycles. The number of hydrogen-bond donors (Lipinski definition) is 0. The van der Waals surface area contributed by atoms with Gasteiger partial charge in [-0.25, -0.2) is 4.79 Å². The Morgan fingerprint density at radius 3 is 2.78 bits per heavy atom. The molecule has 0 aliphatic heterocycles. The van der Waals surface area contributed by atoms with Crippen molar-refractivity contribution in [3.05, 3.63) is 70.2 Å². The average Bonchev–Trinajstić information content (AvgIpc) is 3.31. The van der Waals surface area contributed by atoms with Crippen molar-refractivity contribution < 1.29 is 8.94 Å². The summed E-state index contributed by atoms with van der Waals surface area (Å²) in [6.07, 6.45) is 0. The van der Waals surface area contributed by atoms with Crippen LogP contribution in [0, 0.1) is 0 Å². The van der Waals surface area contributed by atoms with Gasteiger partial charge in [0.1, 0.15) is 12.2 Å². The summed E-state index contributed by atoms with van der Waals surface area (Å²) in [5, 5.41) is 10.1. The van der Waals surface area contributed by atoms with Crippen LogP contribution in [0.2, 0.25) is 0 Å². The van der Waals surface area contributed by atoms with E-state index in [1.54, 1.807) is 6.07 Å². The highest BCUT2D eigenvalue weighted by Gasteiger charge is 2.14. The summed E-state index contributed by atoms with van der Waals surface area (Å²) in [6.45, 7) is 0.174. The Morgan fingerprint density at radius 2 is 2.00 bits per heavy atom. The SMILES string of the molecule is O=c1oc(-c2cccs2)nn1Cc1cc(-c2ccccc2)no1. The van der Waals surface area contributed by atoms with Crippen LogP contribution in [-0.2, 0) is 6.54 Å². The lowest BCUT2D eigenvalue weighted by Gasteiger charge is -1.92. The Labute approximate surface area is 134 Å². The standard InChI is InChI=1S/C16H11N3O3S/c20-16-19(17-15(21-16)14-7-4-8-23-14)10-12-9-13(18-22-12)11-5-2-1-3-6-11/h1-9H,10H2. The number of thiophene rings is 1. The van der Waals surface area contributed by atoms with E-state index in [9.17, 15) is 4.79 Å². The van der Waals surface area contributed by atoms with Crippen molar-refractivity contribution in [1.29, 1.82) is 0 Å². The Kier molecular flexibility index (Phi) is 3.39. The maximum atomic E-state index is 11.9. The molecule has 0 fully saturated rings. The predicted octanol–water partition coefficient (Wildman–Crippen LogP) is 3.27. The third kappa shape index (κ3) is 2.74. The van der Waals surface area contributed by atoms with Gasteiger partial charge in [0, 0.05) is 11.6 Å². The Balaban J connectivity index is 1.60. The fourth-order valence-corrected chi connectivity index (χ4v) is 2.83. The van der Waals surface area contributed by atoms with Crippen molar-refractivity contribution in [3.8, 4) is 22.0 Å². The first-order valence-corrected chi connectivity index (χ1v) is 7.80. The van der Waals surface area contributed by atoms with Gasteiger partial charge in [-0.1, -0.05) is 41.6 Å². The van der Waals surface area contributed by atoms with Gasteiger partial charge >= 0.3 is 5.76 Å². The topological polar surface area (TPSA) is 74.1 Å². The molecule has 0 saturated carbocycles. The Bertz CT molecular complexity index is 968. The molecule has 1 aromatic carbocycles. The van der Waals surface area contributed by atoms with E-state index in [4.69, 9.17) is 8.94 Å². The number of rotatable bonds is 4. The maximum Gasteiger partial charge on any atom is 0.437 e. The molecule has 7 heteroatoms. The summed E-state index contributed by atoms with van der Waals surface area (Å²) in [7, 11) is 0. The minimum Gasteiger partial charge on any atom is -0.387 e. The molecule has 23 heavy (non-hydrogen) atoms. The molecule has 4 aromatic rings. The van der Waals surface area contributed by atoms with Crippen LogP contribution in [0.15, 0.2) is 67.6 Å². The van der Waals surface area contributed by atoms with Crippen LogP contribution in [-0.4, -0.2) is 14.9 Å². The van der Waals surface area contributed by atoms with Gasteiger partial charge in [0.25, 0.3) is 5.89 Å². The molecule has 0 aliphatic rings. The molecule has 0 bridgehead atoms. The zero-order valence-electron chi connectivity index (χ0n) is 11.9. The normalized spacial score (nSPS) is 11.0. The fourth-order valence-electron chi connectivity index (χ4n) is 2.19. The van der Waals surface area contributed by atoms with Crippen LogP contribution < -0.4 is 5.76 Å². The largest absolute Gasteiger partial charge is 0.437 e. The number of benzene rings is 1. The third-order valence-corrected chi connectivity index (χ3v) is 4.13. The fraction of sp³-hybridized carbons (Fsp3) is 0.0625. The highest BCUT2D eigenvalue weighted by Crippen LogP contribution is 2.22. The lowest BCUT2D eigenvalue weighted by Crippen LogP contribution is -2.16. The van der Waals surface area contributed by atoms with Crippen molar-refractivity contribution in [2.75, 3.05) is 0 Å². The van der Waals surface area contributed by atoms with E-state index in [-0.39, 0.29) is 6.54 Å². The average molecular weight is 325 g/mol. The predicted molar refractivity (Wildman–Crippen MR) is 85.1 cm³/mol. The second-order valence-electron chi connectivity index (χ2n) is 4.85. The lowest BCUT2D eigenvalue weighted by atomic mass is 10.1. The van der Waals surface area contributed by atoms with Gasteiger partial charge in [-0.05, 0) is 11.4 Å². The van der Waals surface area contributed by atoms with Crippen molar-refractivity contribution in [3.63, 3.8) is 0 Å². The van der Waals surface area contributed by atoms with Crippen molar-refractivity contribution in [2.45, 2.75) is 6.54 Å². The van der Waals surface area contributed by atoms with Gasteiger partial charge in [-0.15, -0.1) is 16.4 Å². The van der Waals surface area contributed by atoms with Crippen molar-refractivity contribution in [1.82, 2.24) is 14.9 Å². The maximum absolute atomic E-state index is 11.9. The molecule has 6 nitrogen and oxygen atoms in total. The second kappa shape index (κ2) is 5.69. The zero-order valence-corrected chi connectivity index (χ0v) is 12.7. The molecule has 0 N–H and O–H groups in total. The van der Waals surface area contributed by atoms with Crippen LogP contribution in [0.4, 0.5) is 0 Å². The molecular weight excluding hydrogens is 314 g/mol. The van der Waals surface area contributed by atoms with Gasteiger partial charge < -0.3 is 8.94 Å². The molecule has 0 spiro atoms. The molecule has 0 aliphatic carbocycles. The zero-order chi connectivity index (χ0) is 15.6. The summed E-state index contributed by atoms with van der Waals surface area (Å²) in [6, 6.07) is 15.2. The smallest absolute Gasteiger partial charge is 0.387 e. The summed E-state index contributed by atoms with van der Waals surface area (Å²) in [5.74, 6) is 0.329.